The molecule has 0 fully saturated rings. The maximum atomic E-state index is 11.2. The second-order valence-corrected chi connectivity index (χ2v) is 3.22. The van der Waals surface area contributed by atoms with Crippen LogP contribution in [0.1, 0.15) is 24.8 Å². The smallest absolute Gasteiger partial charge is 0.299 e. The van der Waals surface area contributed by atoms with E-state index in [1.165, 1.54) is 0 Å². The molecule has 4 heteroatoms. The summed E-state index contributed by atoms with van der Waals surface area (Å²) in [5, 5.41) is 8.33. The monoisotopic (exact) mass is 191 g/mol. The molecule has 0 aromatic carbocycles. The Labute approximate surface area is 82.8 Å². The van der Waals surface area contributed by atoms with Gasteiger partial charge >= 0.3 is 5.69 Å². The summed E-state index contributed by atoms with van der Waals surface area (Å²) in [6.45, 7) is 2.55. The van der Waals surface area contributed by atoms with Gasteiger partial charge < -0.3 is 0 Å². The fraction of sp³-hybridized carbons (Fsp3) is 0.500. The van der Waals surface area contributed by atoms with Crippen molar-refractivity contribution < 1.29 is 0 Å². The Morgan fingerprint density at radius 2 is 2.36 bits per heavy atom. The molecule has 0 atom stereocenters. The first-order valence-corrected chi connectivity index (χ1v) is 4.64. The molecule has 14 heavy (non-hydrogen) atoms. The number of hydrogen-bond acceptors (Lipinski definition) is 3. The van der Waals surface area contributed by atoms with Crippen LogP contribution in [0.15, 0.2) is 17.2 Å². The molecule has 0 radical (unpaired) electrons. The van der Waals surface area contributed by atoms with Gasteiger partial charge in [0.2, 0.25) is 0 Å². The maximum Gasteiger partial charge on any atom is 0.347 e. The number of nitriles is 1. The van der Waals surface area contributed by atoms with E-state index in [0.29, 0.717) is 13.0 Å². The normalized spacial score (nSPS) is 9.71. The largest absolute Gasteiger partial charge is 0.347 e. The van der Waals surface area contributed by atoms with Crippen LogP contribution >= 0.6 is 0 Å². The average molecular weight is 191 g/mol. The Kier molecular flexibility index (Phi) is 3.86. The summed E-state index contributed by atoms with van der Waals surface area (Å²) >= 11 is 0. The van der Waals surface area contributed by atoms with E-state index in [4.69, 9.17) is 5.26 Å². The lowest BCUT2D eigenvalue weighted by Crippen LogP contribution is -2.22. The van der Waals surface area contributed by atoms with E-state index in [1.807, 2.05) is 6.92 Å². The lowest BCUT2D eigenvalue weighted by molar-refractivity contribution is 0.585. The SMILES string of the molecule is Cc1cnc(=O)n(CCCCC#N)c1. The van der Waals surface area contributed by atoms with Crippen LogP contribution in [0.4, 0.5) is 0 Å². The first-order chi connectivity index (χ1) is 6.74. The third-order valence-corrected chi connectivity index (χ3v) is 1.92. The summed E-state index contributed by atoms with van der Waals surface area (Å²) in [5.41, 5.74) is 0.762. The highest BCUT2D eigenvalue weighted by molar-refractivity contribution is 4.99. The van der Waals surface area contributed by atoms with Crippen molar-refractivity contribution in [2.75, 3.05) is 0 Å². The van der Waals surface area contributed by atoms with Crippen molar-refractivity contribution in [1.29, 1.82) is 5.26 Å². The molecule has 74 valence electrons. The zero-order chi connectivity index (χ0) is 10.4. The third kappa shape index (κ3) is 3.02. The number of nitrogens with zero attached hydrogens (tertiary/aromatic N) is 3. The van der Waals surface area contributed by atoms with Crippen LogP contribution in [0.25, 0.3) is 0 Å². The van der Waals surface area contributed by atoms with Gasteiger partial charge in [-0.25, -0.2) is 9.78 Å². The standard InChI is InChI=1S/C10H13N3O/c1-9-7-12-10(14)13(8-9)6-4-2-3-5-11/h7-8H,2-4,6H2,1H3. The van der Waals surface area contributed by atoms with Gasteiger partial charge in [0.25, 0.3) is 0 Å². The van der Waals surface area contributed by atoms with Gasteiger partial charge in [-0.3, -0.25) is 4.57 Å². The predicted molar refractivity (Wildman–Crippen MR) is 52.7 cm³/mol. The van der Waals surface area contributed by atoms with Gasteiger partial charge in [-0.15, -0.1) is 0 Å². The molecule has 0 aliphatic heterocycles. The quantitative estimate of drug-likeness (QED) is 0.673. The van der Waals surface area contributed by atoms with Crippen molar-refractivity contribution in [2.45, 2.75) is 32.7 Å². The first kappa shape index (κ1) is 10.5. The number of hydrogen-bond donors (Lipinski definition) is 0. The predicted octanol–water partition coefficient (Wildman–Crippen LogP) is 1.25. The van der Waals surface area contributed by atoms with E-state index in [9.17, 15) is 4.79 Å². The topological polar surface area (TPSA) is 58.7 Å². The van der Waals surface area contributed by atoms with Crippen LogP contribution in [0.5, 0.6) is 0 Å². The van der Waals surface area contributed by atoms with E-state index in [1.54, 1.807) is 17.0 Å². The minimum atomic E-state index is -0.215. The Balaban J connectivity index is 2.55. The van der Waals surface area contributed by atoms with Crippen molar-refractivity contribution in [2.24, 2.45) is 0 Å². The Hall–Kier alpha value is -1.63. The summed E-state index contributed by atoms with van der Waals surface area (Å²) in [6, 6.07) is 2.08. The molecule has 0 aliphatic rings. The zero-order valence-electron chi connectivity index (χ0n) is 8.23. The first-order valence-electron chi connectivity index (χ1n) is 4.64. The third-order valence-electron chi connectivity index (χ3n) is 1.92. The van der Waals surface area contributed by atoms with Gasteiger partial charge in [-0.1, -0.05) is 0 Å². The van der Waals surface area contributed by atoms with Gasteiger partial charge in [0.15, 0.2) is 0 Å². The second kappa shape index (κ2) is 5.18. The Morgan fingerprint density at radius 1 is 1.57 bits per heavy atom. The van der Waals surface area contributed by atoms with Crippen molar-refractivity contribution in [3.8, 4) is 6.07 Å². The second-order valence-electron chi connectivity index (χ2n) is 3.22. The molecule has 0 aliphatic carbocycles. The van der Waals surface area contributed by atoms with Gasteiger partial charge in [-0.05, 0) is 25.3 Å². The summed E-state index contributed by atoms with van der Waals surface area (Å²) in [4.78, 5) is 14.9. The molecule has 1 aromatic rings. The molecule has 0 N–H and O–H groups in total. The summed E-state index contributed by atoms with van der Waals surface area (Å²) in [5.74, 6) is 0. The molecule has 1 rings (SSSR count). The van der Waals surface area contributed by atoms with Crippen molar-refractivity contribution >= 4 is 0 Å². The lowest BCUT2D eigenvalue weighted by atomic mass is 10.2. The fourth-order valence-electron chi connectivity index (χ4n) is 1.21. The molecule has 0 saturated carbocycles. The molecule has 4 nitrogen and oxygen atoms in total. The van der Waals surface area contributed by atoms with Crippen molar-refractivity contribution in [3.05, 3.63) is 28.4 Å². The van der Waals surface area contributed by atoms with E-state index in [0.717, 1.165) is 18.4 Å². The van der Waals surface area contributed by atoms with Gasteiger partial charge in [0, 0.05) is 25.4 Å². The van der Waals surface area contributed by atoms with E-state index < -0.39 is 0 Å². The molecule has 0 saturated heterocycles. The van der Waals surface area contributed by atoms with Crippen LogP contribution in [-0.2, 0) is 6.54 Å². The van der Waals surface area contributed by atoms with Gasteiger partial charge in [-0.2, -0.15) is 5.26 Å². The number of unbranched alkanes of at least 4 members (excludes halogenated alkanes) is 2. The highest BCUT2D eigenvalue weighted by Crippen LogP contribution is 1.97. The summed E-state index contributed by atoms with van der Waals surface area (Å²) in [7, 11) is 0. The molecule has 1 aromatic heterocycles. The van der Waals surface area contributed by atoms with Crippen molar-refractivity contribution in [1.82, 2.24) is 9.55 Å². The molecule has 0 spiro atoms. The van der Waals surface area contributed by atoms with E-state index >= 15 is 0 Å². The number of rotatable bonds is 4. The fourth-order valence-corrected chi connectivity index (χ4v) is 1.21. The molecule has 0 unspecified atom stereocenters. The Bertz CT molecular complexity index is 389. The number of aryl methyl sites for hydroxylation is 2. The molecule has 1 heterocycles. The lowest BCUT2D eigenvalue weighted by Gasteiger charge is -2.03. The van der Waals surface area contributed by atoms with Crippen LogP contribution < -0.4 is 5.69 Å². The van der Waals surface area contributed by atoms with Crippen LogP contribution in [0.2, 0.25) is 0 Å². The van der Waals surface area contributed by atoms with E-state index in [-0.39, 0.29) is 5.69 Å². The van der Waals surface area contributed by atoms with Crippen LogP contribution in [-0.4, -0.2) is 9.55 Å². The molecule has 0 amide bonds. The number of aromatic nitrogens is 2. The van der Waals surface area contributed by atoms with Gasteiger partial charge in [0.1, 0.15) is 0 Å². The average Bonchev–Trinajstić information content (AvgIpc) is 2.18. The highest BCUT2D eigenvalue weighted by atomic mass is 16.1. The van der Waals surface area contributed by atoms with Crippen LogP contribution in [0, 0.1) is 18.3 Å². The molecular formula is C10H13N3O. The zero-order valence-corrected chi connectivity index (χ0v) is 8.23. The minimum Gasteiger partial charge on any atom is -0.299 e. The van der Waals surface area contributed by atoms with Gasteiger partial charge in [0.05, 0.1) is 6.07 Å². The Morgan fingerprint density at radius 3 is 3.07 bits per heavy atom. The maximum absolute atomic E-state index is 11.2. The summed E-state index contributed by atoms with van der Waals surface area (Å²) < 4.78 is 1.59. The van der Waals surface area contributed by atoms with E-state index in [2.05, 4.69) is 11.1 Å². The molecular weight excluding hydrogens is 178 g/mol. The summed E-state index contributed by atoms with van der Waals surface area (Å²) in [6.07, 6.45) is 5.58. The highest BCUT2D eigenvalue weighted by Gasteiger charge is 1.96. The minimum absolute atomic E-state index is 0.215. The van der Waals surface area contributed by atoms with Crippen molar-refractivity contribution in [3.63, 3.8) is 0 Å². The molecule has 0 bridgehead atoms. The van der Waals surface area contributed by atoms with Crippen LogP contribution in [0.3, 0.4) is 0 Å².